The van der Waals surface area contributed by atoms with Gasteiger partial charge in [0, 0.05) is 0 Å². The van der Waals surface area contributed by atoms with Crippen molar-refractivity contribution in [2.75, 3.05) is 14.2 Å². The Bertz CT molecular complexity index is 1370. The van der Waals surface area contributed by atoms with E-state index in [1.54, 1.807) is 38.5 Å². The fraction of sp³-hybridized carbons (Fsp3) is 0.294. The van der Waals surface area contributed by atoms with Gasteiger partial charge in [0.1, 0.15) is 23.0 Å². The Labute approximate surface area is 271 Å². The third-order valence-corrected chi connectivity index (χ3v) is 8.00. The summed E-state index contributed by atoms with van der Waals surface area (Å²) < 4.78 is 33.9. The number of phosphoric acid groups is 1. The number of hydrogen-bond acceptors (Lipinski definition) is 6. The van der Waals surface area contributed by atoms with Crippen LogP contribution in [0, 0.1) is 27.7 Å². The molecular weight excluding hydrogens is 558 g/mol. The maximum Gasteiger partial charge on any atom is 1.00 e. The summed E-state index contributed by atoms with van der Waals surface area (Å²) >= 11 is 0. The van der Waals surface area contributed by atoms with Crippen LogP contribution in [0.5, 0.6) is 23.0 Å². The van der Waals surface area contributed by atoms with Crippen LogP contribution in [0.15, 0.2) is 72.8 Å². The molecule has 0 aliphatic heterocycles. The Morgan fingerprint density at radius 1 is 0.548 bits per heavy atom. The molecule has 0 aliphatic rings. The molecule has 0 aromatic heterocycles. The van der Waals surface area contributed by atoms with E-state index in [0.717, 1.165) is 70.6 Å². The maximum absolute atomic E-state index is 12.6. The molecular formula is C34H38NaO6P. The first-order chi connectivity index (χ1) is 19.6. The first-order valence-corrected chi connectivity index (χ1v) is 15.2. The van der Waals surface area contributed by atoms with E-state index in [4.69, 9.17) is 18.5 Å². The van der Waals surface area contributed by atoms with Crippen LogP contribution in [0.1, 0.15) is 44.5 Å². The number of hydrogen-bond donors (Lipinski definition) is 0. The minimum absolute atomic E-state index is 0. The monoisotopic (exact) mass is 596 g/mol. The minimum Gasteiger partial charge on any atom is -0.736 e. The molecule has 0 bridgehead atoms. The molecule has 216 valence electrons. The van der Waals surface area contributed by atoms with Gasteiger partial charge in [0.15, 0.2) is 0 Å². The molecule has 0 amide bonds. The number of rotatable bonds is 12. The van der Waals surface area contributed by atoms with Crippen LogP contribution in [-0.2, 0) is 30.2 Å². The molecule has 4 aromatic rings. The molecule has 0 fully saturated rings. The van der Waals surface area contributed by atoms with Crippen LogP contribution in [0.3, 0.4) is 0 Å². The van der Waals surface area contributed by atoms with Crippen molar-refractivity contribution in [1.29, 1.82) is 0 Å². The first kappa shape index (κ1) is 33.8. The summed E-state index contributed by atoms with van der Waals surface area (Å²) in [5.41, 5.74) is 9.10. The van der Waals surface area contributed by atoms with Crippen LogP contribution in [0.2, 0.25) is 0 Å². The Balaban J connectivity index is 0.00000484. The van der Waals surface area contributed by atoms with Crippen molar-refractivity contribution in [3.8, 4) is 23.0 Å². The normalized spacial score (nSPS) is 11.0. The van der Waals surface area contributed by atoms with E-state index < -0.39 is 7.82 Å². The van der Waals surface area contributed by atoms with Crippen molar-refractivity contribution in [3.05, 3.63) is 117 Å². The first-order valence-electron chi connectivity index (χ1n) is 13.7. The quantitative estimate of drug-likeness (QED) is 0.178. The van der Waals surface area contributed by atoms with Crippen molar-refractivity contribution >= 4 is 7.82 Å². The second-order valence-electron chi connectivity index (χ2n) is 10.4. The van der Waals surface area contributed by atoms with E-state index in [9.17, 15) is 9.46 Å². The van der Waals surface area contributed by atoms with Crippen LogP contribution in [-0.4, -0.2) is 14.2 Å². The summed E-state index contributed by atoms with van der Waals surface area (Å²) in [4.78, 5) is 12.6. The van der Waals surface area contributed by atoms with E-state index in [2.05, 4.69) is 24.3 Å². The van der Waals surface area contributed by atoms with Gasteiger partial charge in [-0.1, -0.05) is 48.5 Å². The topological polar surface area (TPSA) is 77.1 Å². The SMILES string of the molecule is COc1c(C)cc(CCc2ccc(OP(=O)([O-])Oc3ccc(CCc4cc(C)c(OC)c(C)c4)cc3)cc2)cc1C.[Na+]. The zero-order valence-corrected chi connectivity index (χ0v) is 28.5. The molecule has 0 heterocycles. The third-order valence-electron chi connectivity index (χ3n) is 7.13. The number of aryl methyl sites for hydroxylation is 8. The fourth-order valence-electron chi connectivity index (χ4n) is 5.30. The van der Waals surface area contributed by atoms with Crippen molar-refractivity contribution in [3.63, 3.8) is 0 Å². The van der Waals surface area contributed by atoms with Gasteiger partial charge in [-0.25, -0.2) is 4.57 Å². The van der Waals surface area contributed by atoms with Crippen molar-refractivity contribution in [2.45, 2.75) is 53.4 Å². The van der Waals surface area contributed by atoms with Gasteiger partial charge in [-0.15, -0.1) is 0 Å². The molecule has 6 nitrogen and oxygen atoms in total. The second kappa shape index (κ2) is 15.1. The molecule has 0 spiro atoms. The van der Waals surface area contributed by atoms with Crippen molar-refractivity contribution in [2.24, 2.45) is 0 Å². The van der Waals surface area contributed by atoms with E-state index >= 15 is 0 Å². The molecule has 42 heavy (non-hydrogen) atoms. The van der Waals surface area contributed by atoms with E-state index in [0.29, 0.717) is 0 Å². The summed E-state index contributed by atoms with van der Waals surface area (Å²) in [6.45, 7) is 8.18. The molecule has 0 aliphatic carbocycles. The number of ether oxygens (including phenoxy) is 2. The average molecular weight is 597 g/mol. The second-order valence-corrected chi connectivity index (χ2v) is 11.7. The van der Waals surface area contributed by atoms with E-state index in [1.807, 2.05) is 52.0 Å². The van der Waals surface area contributed by atoms with Gasteiger partial charge in [0.2, 0.25) is 0 Å². The van der Waals surface area contributed by atoms with Gasteiger partial charge in [0.05, 0.1) is 14.2 Å². The molecule has 0 unspecified atom stereocenters. The maximum atomic E-state index is 12.6. The Morgan fingerprint density at radius 3 is 1.12 bits per heavy atom. The van der Waals surface area contributed by atoms with Crippen LogP contribution >= 0.6 is 7.82 Å². The largest absolute Gasteiger partial charge is 1.00 e. The van der Waals surface area contributed by atoms with Gasteiger partial charge < -0.3 is 23.4 Å². The number of methoxy groups -OCH3 is 2. The van der Waals surface area contributed by atoms with Gasteiger partial charge in [-0.2, -0.15) is 0 Å². The van der Waals surface area contributed by atoms with E-state index in [-0.39, 0.29) is 41.1 Å². The predicted octanol–water partition coefficient (Wildman–Crippen LogP) is 4.44. The Kier molecular flexibility index (Phi) is 12.2. The Hall–Kier alpha value is -2.73. The summed E-state index contributed by atoms with van der Waals surface area (Å²) in [7, 11) is -1.23. The van der Waals surface area contributed by atoms with Gasteiger partial charge in [-0.3, -0.25) is 0 Å². The molecule has 0 radical (unpaired) electrons. The standard InChI is InChI=1S/C34H39O6P.Na/c1-23-19-29(20-24(2)33(23)37-5)9-7-27-11-15-31(16-12-27)39-41(35,36)40-32-17-13-28(14-18-32)8-10-30-21-25(3)34(38-6)26(4)22-30;/h11-22H,7-10H2,1-6H3,(H,35,36);/q;+1/p-1. The molecule has 0 N–H and O–H groups in total. The number of phosphoric ester groups is 1. The minimum atomic E-state index is -4.60. The third kappa shape index (κ3) is 9.13. The zero-order valence-electron chi connectivity index (χ0n) is 25.7. The van der Waals surface area contributed by atoms with Crippen molar-refractivity contribution in [1.82, 2.24) is 0 Å². The van der Waals surface area contributed by atoms with Gasteiger partial charge in [-0.05, 0) is 122 Å². The Morgan fingerprint density at radius 2 is 0.833 bits per heavy atom. The van der Waals surface area contributed by atoms with Crippen LogP contribution in [0.4, 0.5) is 0 Å². The van der Waals surface area contributed by atoms with E-state index in [1.165, 1.54) is 11.1 Å². The summed E-state index contributed by atoms with van der Waals surface area (Å²) in [5, 5.41) is 0. The zero-order chi connectivity index (χ0) is 29.6. The molecule has 0 saturated carbocycles. The van der Waals surface area contributed by atoms with Crippen molar-refractivity contribution < 1.29 is 57.5 Å². The van der Waals surface area contributed by atoms with Crippen LogP contribution < -0.4 is 53.0 Å². The fourth-order valence-corrected chi connectivity index (χ4v) is 6.10. The molecule has 8 heteroatoms. The summed E-state index contributed by atoms with van der Waals surface area (Å²) in [6, 6.07) is 22.7. The smallest absolute Gasteiger partial charge is 0.736 e. The summed E-state index contributed by atoms with van der Waals surface area (Å²) in [6.07, 6.45) is 3.37. The van der Waals surface area contributed by atoms with Gasteiger partial charge in [0.25, 0.3) is 0 Å². The van der Waals surface area contributed by atoms with Crippen LogP contribution in [0.25, 0.3) is 0 Å². The van der Waals surface area contributed by atoms with Gasteiger partial charge >= 0.3 is 37.4 Å². The molecule has 0 saturated heterocycles. The number of benzene rings is 4. The summed E-state index contributed by atoms with van der Waals surface area (Å²) in [5.74, 6) is 2.27. The molecule has 4 rings (SSSR count). The average Bonchev–Trinajstić information content (AvgIpc) is 2.92. The predicted molar refractivity (Wildman–Crippen MR) is 161 cm³/mol. The molecule has 4 aromatic carbocycles. The molecule has 0 atom stereocenters.